The number of carbonyl (C=O) groups excluding carboxylic acids is 1. The minimum Gasteiger partial charge on any atom is -0.462 e. The van der Waals surface area contributed by atoms with E-state index in [4.69, 9.17) is 10.5 Å². The van der Waals surface area contributed by atoms with Gasteiger partial charge in [0.15, 0.2) is 23.0 Å². The molecule has 0 bridgehead atoms. The fraction of sp³-hybridized carbons (Fsp3) is 0.375. The highest BCUT2D eigenvalue weighted by molar-refractivity contribution is 5.95. The Morgan fingerprint density at radius 1 is 1.27 bits per heavy atom. The van der Waals surface area contributed by atoms with Crippen LogP contribution in [-0.4, -0.2) is 29.3 Å². The van der Waals surface area contributed by atoms with E-state index in [-0.39, 0.29) is 24.1 Å². The number of fused-ring (bicyclic) bond motifs is 1. The number of carbonyl (C=O) groups is 1. The number of nitrogens with two attached hydrogens (primary N) is 1. The standard InChI is InChI=1S/C24H19F4N3O2/c25-17-8-14(9-19(32)18-6-5-13(11-30-18)4-3-12-1-2-12)7-16(21(17)26)24(22(27)28)15-10-20(15)33-23(29)31-24/h5-8,11-12,15,20,22H,1-2,9-10H2,(H2,29,31)/t15-,20+,24-/m0/s1. The molecular weight excluding hydrogens is 438 g/mol. The maximum absolute atomic E-state index is 14.8. The van der Waals surface area contributed by atoms with Gasteiger partial charge in [-0.3, -0.25) is 9.78 Å². The molecule has 2 aromatic rings. The molecule has 2 fully saturated rings. The predicted octanol–water partition coefficient (Wildman–Crippen LogP) is 3.74. The molecule has 5 nitrogen and oxygen atoms in total. The van der Waals surface area contributed by atoms with Crippen LogP contribution in [0.5, 0.6) is 0 Å². The van der Waals surface area contributed by atoms with Crippen molar-refractivity contribution in [3.05, 3.63) is 64.5 Å². The largest absolute Gasteiger partial charge is 0.462 e. The number of hydrogen-bond donors (Lipinski definition) is 1. The Morgan fingerprint density at radius 3 is 2.73 bits per heavy atom. The summed E-state index contributed by atoms with van der Waals surface area (Å²) >= 11 is 0. The highest BCUT2D eigenvalue weighted by Crippen LogP contribution is 2.56. The summed E-state index contributed by atoms with van der Waals surface area (Å²) in [4.78, 5) is 20.5. The van der Waals surface area contributed by atoms with Crippen molar-refractivity contribution < 1.29 is 27.1 Å². The van der Waals surface area contributed by atoms with E-state index >= 15 is 0 Å². The zero-order valence-electron chi connectivity index (χ0n) is 17.3. The minimum atomic E-state index is -3.15. The second-order valence-electron chi connectivity index (χ2n) is 8.59. The third kappa shape index (κ3) is 3.94. The molecule has 9 heteroatoms. The monoisotopic (exact) mass is 457 g/mol. The highest BCUT2D eigenvalue weighted by atomic mass is 19.3. The van der Waals surface area contributed by atoms with Gasteiger partial charge in [0.1, 0.15) is 11.8 Å². The van der Waals surface area contributed by atoms with E-state index in [1.165, 1.54) is 12.3 Å². The summed E-state index contributed by atoms with van der Waals surface area (Å²) in [6, 6.07) is 4.55. The van der Waals surface area contributed by atoms with Gasteiger partial charge in [-0.1, -0.05) is 11.8 Å². The van der Waals surface area contributed by atoms with Crippen LogP contribution in [0.4, 0.5) is 17.6 Å². The van der Waals surface area contributed by atoms with E-state index in [0.717, 1.165) is 25.0 Å². The Labute approximate surface area is 187 Å². The van der Waals surface area contributed by atoms with Crippen molar-refractivity contribution in [3.8, 4) is 11.8 Å². The first-order chi connectivity index (χ1) is 15.8. The third-order valence-electron chi connectivity index (χ3n) is 6.13. The van der Waals surface area contributed by atoms with E-state index in [9.17, 15) is 22.4 Å². The number of Topliss-reactive ketones (excluding diaryl/α,β-unsaturated/α-hetero) is 1. The quantitative estimate of drug-likeness (QED) is 0.422. The van der Waals surface area contributed by atoms with Crippen molar-refractivity contribution in [1.82, 2.24) is 4.98 Å². The van der Waals surface area contributed by atoms with Crippen molar-refractivity contribution in [3.63, 3.8) is 0 Å². The molecular formula is C24H19F4N3O2. The summed E-state index contributed by atoms with van der Waals surface area (Å²) in [5.41, 5.74) is 3.36. The van der Waals surface area contributed by atoms with Gasteiger partial charge in [0, 0.05) is 35.6 Å². The van der Waals surface area contributed by atoms with Crippen molar-refractivity contribution in [2.75, 3.05) is 0 Å². The number of ketones is 1. The Balaban J connectivity index is 1.44. The molecule has 0 saturated heterocycles. The highest BCUT2D eigenvalue weighted by Gasteiger charge is 2.64. The van der Waals surface area contributed by atoms with Gasteiger partial charge in [0.2, 0.25) is 0 Å². The van der Waals surface area contributed by atoms with Crippen LogP contribution in [0.3, 0.4) is 0 Å². The molecule has 2 saturated carbocycles. The summed E-state index contributed by atoms with van der Waals surface area (Å²) in [7, 11) is 0. The van der Waals surface area contributed by atoms with Crippen LogP contribution in [0.25, 0.3) is 0 Å². The molecule has 3 atom stereocenters. The smallest absolute Gasteiger partial charge is 0.283 e. The molecule has 33 heavy (non-hydrogen) atoms. The van der Waals surface area contributed by atoms with Crippen LogP contribution in [0.2, 0.25) is 0 Å². The first-order valence-corrected chi connectivity index (χ1v) is 10.6. The van der Waals surface area contributed by atoms with Gasteiger partial charge in [-0.2, -0.15) is 0 Å². The fourth-order valence-corrected chi connectivity index (χ4v) is 4.16. The molecule has 0 unspecified atom stereocenters. The summed E-state index contributed by atoms with van der Waals surface area (Å²) < 4.78 is 62.9. The number of hydrogen-bond acceptors (Lipinski definition) is 5. The molecule has 0 radical (unpaired) electrons. The topological polar surface area (TPSA) is 77.6 Å². The molecule has 170 valence electrons. The van der Waals surface area contributed by atoms with Gasteiger partial charge in [0.05, 0.1) is 0 Å². The summed E-state index contributed by atoms with van der Waals surface area (Å²) in [6.45, 7) is 0. The van der Waals surface area contributed by atoms with Crippen LogP contribution in [0.1, 0.15) is 46.4 Å². The minimum absolute atomic E-state index is 0.0331. The fourth-order valence-electron chi connectivity index (χ4n) is 4.16. The summed E-state index contributed by atoms with van der Waals surface area (Å²) in [6.07, 6.45) is -0.293. The number of ether oxygens (including phenoxy) is 1. The average Bonchev–Trinajstić information content (AvgIpc) is 3.69. The molecule has 1 aromatic heterocycles. The van der Waals surface area contributed by atoms with Crippen LogP contribution in [0.15, 0.2) is 35.5 Å². The predicted molar refractivity (Wildman–Crippen MR) is 111 cm³/mol. The molecule has 0 spiro atoms. The van der Waals surface area contributed by atoms with E-state index in [0.29, 0.717) is 11.5 Å². The van der Waals surface area contributed by atoms with Crippen molar-refractivity contribution >= 4 is 11.8 Å². The zero-order valence-corrected chi connectivity index (χ0v) is 17.3. The molecule has 2 heterocycles. The first-order valence-electron chi connectivity index (χ1n) is 10.6. The van der Waals surface area contributed by atoms with Crippen LogP contribution >= 0.6 is 0 Å². The lowest BCUT2D eigenvalue weighted by Crippen LogP contribution is -2.43. The summed E-state index contributed by atoms with van der Waals surface area (Å²) in [5, 5.41) is 0. The maximum atomic E-state index is 14.8. The molecule has 1 aromatic carbocycles. The lowest BCUT2D eigenvalue weighted by Gasteiger charge is -2.33. The Hall–Kier alpha value is -3.41. The Kier molecular flexibility index (Phi) is 5.11. The number of alkyl halides is 2. The van der Waals surface area contributed by atoms with Gasteiger partial charge >= 0.3 is 0 Å². The molecule has 0 amide bonds. The molecule has 5 rings (SSSR count). The number of nitrogens with zero attached hydrogens (tertiary/aromatic N) is 2. The Morgan fingerprint density at radius 2 is 2.06 bits per heavy atom. The van der Waals surface area contributed by atoms with Crippen molar-refractivity contribution in [2.45, 2.75) is 43.8 Å². The number of rotatable bonds is 5. The van der Waals surface area contributed by atoms with Crippen molar-refractivity contribution in [1.29, 1.82) is 0 Å². The van der Waals surface area contributed by atoms with E-state index in [1.807, 2.05) is 0 Å². The normalized spacial score (nSPS) is 25.4. The number of amidine groups is 1. The lowest BCUT2D eigenvalue weighted by molar-refractivity contribution is 0.0172. The van der Waals surface area contributed by atoms with Crippen LogP contribution in [0, 0.1) is 35.3 Å². The van der Waals surface area contributed by atoms with E-state index < -0.39 is 53.0 Å². The number of aliphatic imine (C=N–C) groups is 1. The second kappa shape index (κ2) is 7.87. The molecule has 2 aliphatic carbocycles. The number of pyridine rings is 1. The molecule has 3 aliphatic rings. The molecule has 2 N–H and O–H groups in total. The zero-order chi connectivity index (χ0) is 23.3. The lowest BCUT2D eigenvalue weighted by atomic mass is 9.83. The number of halogens is 4. The van der Waals surface area contributed by atoms with Gasteiger partial charge in [0.25, 0.3) is 12.4 Å². The van der Waals surface area contributed by atoms with Crippen molar-refractivity contribution in [2.24, 2.45) is 22.6 Å². The van der Waals surface area contributed by atoms with Gasteiger partial charge in [-0.15, -0.1) is 0 Å². The second-order valence-corrected chi connectivity index (χ2v) is 8.59. The van der Waals surface area contributed by atoms with Crippen LogP contribution < -0.4 is 5.73 Å². The van der Waals surface area contributed by atoms with E-state index in [2.05, 4.69) is 21.8 Å². The van der Waals surface area contributed by atoms with E-state index in [1.54, 1.807) is 6.07 Å². The summed E-state index contributed by atoms with van der Waals surface area (Å²) in [5.74, 6) is 2.41. The third-order valence-corrected chi connectivity index (χ3v) is 6.13. The van der Waals surface area contributed by atoms with Gasteiger partial charge < -0.3 is 10.5 Å². The van der Waals surface area contributed by atoms with Crippen LogP contribution in [-0.2, 0) is 16.7 Å². The number of aromatic nitrogens is 1. The maximum Gasteiger partial charge on any atom is 0.283 e. The first kappa shape index (κ1) is 21.4. The Bertz CT molecular complexity index is 1210. The SMILES string of the molecule is NC1=N[C@@](c2cc(CC(=O)c3ccc(C#CC4CC4)cn3)cc(F)c2F)(C(F)F)[C@H]2C[C@H]2O1. The number of benzene rings is 1. The molecule has 1 aliphatic heterocycles. The van der Waals surface area contributed by atoms with Gasteiger partial charge in [-0.05, 0) is 49.1 Å². The van der Waals surface area contributed by atoms with Gasteiger partial charge in [-0.25, -0.2) is 22.6 Å². The average molecular weight is 457 g/mol.